The second-order valence-corrected chi connectivity index (χ2v) is 2.90. The van der Waals surface area contributed by atoms with Gasteiger partial charge in [0.2, 0.25) is 0 Å². The van der Waals surface area contributed by atoms with Crippen LogP contribution in [0.1, 0.15) is 6.92 Å². The molecule has 0 aromatic carbocycles. The van der Waals surface area contributed by atoms with E-state index >= 15 is 0 Å². The van der Waals surface area contributed by atoms with Crippen molar-refractivity contribution in [3.8, 4) is 0 Å². The van der Waals surface area contributed by atoms with Gasteiger partial charge in [0.1, 0.15) is 6.29 Å². The van der Waals surface area contributed by atoms with Gasteiger partial charge in [-0.25, -0.2) is 9.59 Å². The standard InChI is InChI=1S/C12H14O5/c1-9(11(14)16-2)10(12(15)17-3)7-5-4-6-8-13/h4-8H,1-3H3/b6-4+,7-5+,10-9-. The number of aldehydes is 1. The van der Waals surface area contributed by atoms with Gasteiger partial charge < -0.3 is 9.47 Å². The predicted molar refractivity (Wildman–Crippen MR) is 61.1 cm³/mol. The fourth-order valence-corrected chi connectivity index (χ4v) is 0.980. The number of carbonyl (C=O) groups is 3. The van der Waals surface area contributed by atoms with Crippen LogP contribution >= 0.6 is 0 Å². The first-order valence-corrected chi connectivity index (χ1v) is 4.74. The Kier molecular flexibility index (Phi) is 7.01. The van der Waals surface area contributed by atoms with Gasteiger partial charge >= 0.3 is 11.9 Å². The lowest BCUT2D eigenvalue weighted by Crippen LogP contribution is -2.11. The van der Waals surface area contributed by atoms with Crippen molar-refractivity contribution in [3.63, 3.8) is 0 Å². The monoisotopic (exact) mass is 238 g/mol. The maximum absolute atomic E-state index is 11.4. The van der Waals surface area contributed by atoms with Crippen LogP contribution < -0.4 is 0 Å². The first-order chi connectivity index (χ1) is 8.08. The number of esters is 2. The van der Waals surface area contributed by atoms with Crippen LogP contribution in [-0.4, -0.2) is 32.4 Å². The molecule has 0 aromatic heterocycles. The van der Waals surface area contributed by atoms with Gasteiger partial charge in [0, 0.05) is 5.57 Å². The smallest absolute Gasteiger partial charge is 0.338 e. The van der Waals surface area contributed by atoms with Crippen molar-refractivity contribution < 1.29 is 23.9 Å². The van der Waals surface area contributed by atoms with Crippen LogP contribution in [0.25, 0.3) is 0 Å². The van der Waals surface area contributed by atoms with Gasteiger partial charge in [-0.15, -0.1) is 0 Å². The minimum absolute atomic E-state index is 0.0786. The molecule has 0 saturated heterocycles. The number of hydrogen-bond acceptors (Lipinski definition) is 5. The van der Waals surface area contributed by atoms with Gasteiger partial charge in [0.25, 0.3) is 0 Å². The van der Waals surface area contributed by atoms with E-state index in [2.05, 4.69) is 9.47 Å². The lowest BCUT2D eigenvalue weighted by molar-refractivity contribution is -0.139. The van der Waals surface area contributed by atoms with Crippen LogP contribution in [0.3, 0.4) is 0 Å². The zero-order valence-corrected chi connectivity index (χ0v) is 9.93. The van der Waals surface area contributed by atoms with E-state index in [1.165, 1.54) is 45.4 Å². The Morgan fingerprint density at radius 3 is 2.00 bits per heavy atom. The normalized spacial score (nSPS) is 12.4. The second-order valence-electron chi connectivity index (χ2n) is 2.90. The van der Waals surface area contributed by atoms with E-state index < -0.39 is 11.9 Å². The summed E-state index contributed by atoms with van der Waals surface area (Å²) in [7, 11) is 2.43. The number of ether oxygens (including phenoxy) is 2. The van der Waals surface area contributed by atoms with Crippen LogP contribution in [-0.2, 0) is 23.9 Å². The number of hydrogen-bond donors (Lipinski definition) is 0. The predicted octanol–water partition coefficient (Wildman–Crippen LogP) is 0.960. The summed E-state index contributed by atoms with van der Waals surface area (Å²) in [6, 6.07) is 0. The molecule has 5 heteroatoms. The molecule has 92 valence electrons. The van der Waals surface area contributed by atoms with Gasteiger partial charge in [0.15, 0.2) is 0 Å². The van der Waals surface area contributed by atoms with Gasteiger partial charge in [-0.1, -0.05) is 12.2 Å². The Morgan fingerprint density at radius 2 is 1.53 bits per heavy atom. The highest BCUT2D eigenvalue weighted by molar-refractivity contribution is 6.02. The van der Waals surface area contributed by atoms with Crippen molar-refractivity contribution in [1.29, 1.82) is 0 Å². The fourth-order valence-electron chi connectivity index (χ4n) is 0.980. The molecule has 0 aromatic rings. The van der Waals surface area contributed by atoms with Crippen molar-refractivity contribution in [2.24, 2.45) is 0 Å². The lowest BCUT2D eigenvalue weighted by atomic mass is 10.1. The van der Waals surface area contributed by atoms with Crippen molar-refractivity contribution in [2.75, 3.05) is 14.2 Å². The Hall–Kier alpha value is -2.17. The summed E-state index contributed by atoms with van der Waals surface area (Å²) in [6.07, 6.45) is 6.10. The summed E-state index contributed by atoms with van der Waals surface area (Å²) < 4.78 is 9.04. The third-order valence-electron chi connectivity index (χ3n) is 1.86. The average Bonchev–Trinajstić information content (AvgIpc) is 2.36. The molecule has 0 aliphatic carbocycles. The molecule has 0 N–H and O–H groups in total. The number of rotatable bonds is 5. The largest absolute Gasteiger partial charge is 0.466 e. The topological polar surface area (TPSA) is 69.7 Å². The van der Waals surface area contributed by atoms with Crippen LogP contribution in [0.5, 0.6) is 0 Å². The van der Waals surface area contributed by atoms with E-state index in [0.29, 0.717) is 6.29 Å². The zero-order valence-electron chi connectivity index (χ0n) is 9.93. The molecule has 0 aliphatic rings. The van der Waals surface area contributed by atoms with E-state index in [9.17, 15) is 14.4 Å². The first-order valence-electron chi connectivity index (χ1n) is 4.74. The van der Waals surface area contributed by atoms with E-state index in [1.54, 1.807) is 0 Å². The van der Waals surface area contributed by atoms with Crippen LogP contribution in [0.2, 0.25) is 0 Å². The summed E-state index contributed by atoms with van der Waals surface area (Å²) in [4.78, 5) is 32.7. The van der Waals surface area contributed by atoms with Gasteiger partial charge in [-0.2, -0.15) is 0 Å². The third kappa shape index (κ3) is 4.92. The molecule has 0 spiro atoms. The summed E-state index contributed by atoms with van der Waals surface area (Å²) in [6.45, 7) is 1.45. The van der Waals surface area contributed by atoms with Crippen molar-refractivity contribution in [2.45, 2.75) is 6.92 Å². The molecule has 5 nitrogen and oxygen atoms in total. The molecule has 0 aliphatic heterocycles. The molecule has 0 fully saturated rings. The van der Waals surface area contributed by atoms with E-state index in [0.717, 1.165) is 0 Å². The Labute approximate surface area is 99.4 Å². The number of carbonyl (C=O) groups excluding carboxylic acids is 3. The quantitative estimate of drug-likeness (QED) is 0.309. The Balaban J connectivity index is 5.21. The molecular weight excluding hydrogens is 224 g/mol. The maximum Gasteiger partial charge on any atom is 0.338 e. The molecule has 0 bridgehead atoms. The molecule has 17 heavy (non-hydrogen) atoms. The molecule has 0 amide bonds. The Bertz CT molecular complexity index is 388. The second kappa shape index (κ2) is 8.04. The highest BCUT2D eigenvalue weighted by Crippen LogP contribution is 2.09. The molecule has 0 unspecified atom stereocenters. The third-order valence-corrected chi connectivity index (χ3v) is 1.86. The Morgan fingerprint density at radius 1 is 0.941 bits per heavy atom. The highest BCUT2D eigenvalue weighted by atomic mass is 16.5. The lowest BCUT2D eigenvalue weighted by Gasteiger charge is -2.04. The zero-order chi connectivity index (χ0) is 13.3. The van der Waals surface area contributed by atoms with Crippen LogP contribution in [0, 0.1) is 0 Å². The van der Waals surface area contributed by atoms with E-state index in [4.69, 9.17) is 0 Å². The van der Waals surface area contributed by atoms with Crippen LogP contribution in [0.4, 0.5) is 0 Å². The minimum atomic E-state index is -0.649. The summed E-state index contributed by atoms with van der Waals surface area (Å²) in [5.41, 5.74) is 0.213. The fraction of sp³-hybridized carbons (Fsp3) is 0.250. The molecule has 0 heterocycles. The number of methoxy groups -OCH3 is 2. The van der Waals surface area contributed by atoms with Gasteiger partial charge in [-0.05, 0) is 19.1 Å². The van der Waals surface area contributed by atoms with Gasteiger partial charge in [-0.3, -0.25) is 4.79 Å². The van der Waals surface area contributed by atoms with Crippen LogP contribution in [0.15, 0.2) is 35.5 Å². The number of allylic oxidation sites excluding steroid dienone is 3. The summed E-state index contributed by atoms with van der Waals surface area (Å²) in [5.74, 6) is -1.27. The van der Waals surface area contributed by atoms with Gasteiger partial charge in [0.05, 0.1) is 19.8 Å². The van der Waals surface area contributed by atoms with E-state index in [-0.39, 0.29) is 11.1 Å². The maximum atomic E-state index is 11.4. The summed E-state index contributed by atoms with van der Waals surface area (Å²) in [5, 5.41) is 0. The molecule has 0 saturated carbocycles. The minimum Gasteiger partial charge on any atom is -0.466 e. The average molecular weight is 238 g/mol. The van der Waals surface area contributed by atoms with Crippen molar-refractivity contribution in [3.05, 3.63) is 35.5 Å². The molecule has 0 rings (SSSR count). The first kappa shape index (κ1) is 14.8. The van der Waals surface area contributed by atoms with E-state index in [1.807, 2.05) is 0 Å². The molecule has 0 radical (unpaired) electrons. The van der Waals surface area contributed by atoms with Crippen molar-refractivity contribution >= 4 is 18.2 Å². The molecular formula is C12H14O5. The molecule has 0 atom stereocenters. The SMILES string of the molecule is COC(=O)/C(C)=C(/C=C/C=C/C=O)C(=O)OC. The highest BCUT2D eigenvalue weighted by Gasteiger charge is 2.15. The van der Waals surface area contributed by atoms with Crippen molar-refractivity contribution in [1.82, 2.24) is 0 Å². The summed E-state index contributed by atoms with van der Waals surface area (Å²) >= 11 is 0.